The van der Waals surface area contributed by atoms with Gasteiger partial charge in [-0.25, -0.2) is 8.42 Å². The standard InChI is InChI=1S/C24H23F3N4O5S2/c1-31(11-16(33)12-32)23-29-22(34)21(37-23)18(13-4-6-20-15(7-13)10-28-30-20)8-14-3-5-17(38(2,35)36)9-19(14)24(25,26)27/h3-10,16,32-34H,11-12H2,1-2H3,(H,28,30). The van der Waals surface area contributed by atoms with Crippen molar-refractivity contribution in [1.29, 1.82) is 0 Å². The molecule has 9 nitrogen and oxygen atoms in total. The number of anilines is 1. The fourth-order valence-electron chi connectivity index (χ4n) is 3.77. The molecule has 38 heavy (non-hydrogen) atoms. The summed E-state index contributed by atoms with van der Waals surface area (Å²) in [5, 5.41) is 37.3. The van der Waals surface area contributed by atoms with Gasteiger partial charge in [-0.3, -0.25) is 5.10 Å². The number of aromatic hydroxyl groups is 1. The Hall–Kier alpha value is -3.46. The van der Waals surface area contributed by atoms with Crippen LogP contribution >= 0.6 is 11.3 Å². The van der Waals surface area contributed by atoms with E-state index in [2.05, 4.69) is 15.2 Å². The van der Waals surface area contributed by atoms with Gasteiger partial charge >= 0.3 is 6.18 Å². The average Bonchev–Trinajstić information content (AvgIpc) is 3.47. The number of H-pyrrole nitrogens is 1. The molecular weight excluding hydrogens is 545 g/mol. The number of aromatic nitrogens is 3. The molecule has 1 atom stereocenters. The number of alkyl halides is 3. The highest BCUT2D eigenvalue weighted by Crippen LogP contribution is 2.42. The summed E-state index contributed by atoms with van der Waals surface area (Å²) in [5.41, 5.74) is -0.139. The number of hydrogen-bond acceptors (Lipinski definition) is 9. The third kappa shape index (κ3) is 5.83. The molecule has 1 unspecified atom stereocenters. The zero-order valence-electron chi connectivity index (χ0n) is 20.1. The van der Waals surface area contributed by atoms with Gasteiger partial charge in [-0.05, 0) is 41.5 Å². The molecule has 0 saturated carbocycles. The SMILES string of the molecule is CN(CC(O)CO)c1nc(O)c(C(=Cc2ccc(S(C)(=O)=O)cc2C(F)(F)F)c2ccc3[nH]ncc3c2)s1. The Labute approximate surface area is 219 Å². The van der Waals surface area contributed by atoms with Gasteiger partial charge in [0, 0.05) is 30.8 Å². The highest BCUT2D eigenvalue weighted by Gasteiger charge is 2.34. The van der Waals surface area contributed by atoms with Gasteiger partial charge < -0.3 is 20.2 Å². The number of aliphatic hydroxyl groups excluding tert-OH is 2. The second kappa shape index (κ2) is 10.4. The molecule has 2 aromatic carbocycles. The zero-order valence-corrected chi connectivity index (χ0v) is 21.7. The minimum absolute atomic E-state index is 0.00586. The van der Waals surface area contributed by atoms with Crippen LogP contribution in [0.15, 0.2) is 47.5 Å². The van der Waals surface area contributed by atoms with Crippen LogP contribution in [0, 0.1) is 0 Å². The van der Waals surface area contributed by atoms with Crippen LogP contribution in [0.25, 0.3) is 22.6 Å². The molecule has 2 aromatic heterocycles. The van der Waals surface area contributed by atoms with Gasteiger partial charge in [-0.15, -0.1) is 0 Å². The fourth-order valence-corrected chi connectivity index (χ4v) is 5.39. The number of nitrogens with one attached hydrogen (secondary N) is 1. The summed E-state index contributed by atoms with van der Waals surface area (Å²) in [5.74, 6) is -0.449. The molecular formula is C24H23F3N4O5S2. The summed E-state index contributed by atoms with van der Waals surface area (Å²) in [4.78, 5) is 5.27. The van der Waals surface area contributed by atoms with Crippen molar-refractivity contribution < 1.29 is 36.9 Å². The molecule has 14 heteroatoms. The predicted molar refractivity (Wildman–Crippen MR) is 138 cm³/mol. The van der Waals surface area contributed by atoms with Crippen molar-refractivity contribution in [1.82, 2.24) is 15.2 Å². The first kappa shape index (κ1) is 27.6. The molecule has 4 aromatic rings. The van der Waals surface area contributed by atoms with Gasteiger partial charge in [0.1, 0.15) is 4.88 Å². The monoisotopic (exact) mass is 568 g/mol. The molecule has 4 N–H and O–H groups in total. The Morgan fingerprint density at radius 1 is 1.24 bits per heavy atom. The summed E-state index contributed by atoms with van der Waals surface area (Å²) < 4.78 is 66.0. The van der Waals surface area contributed by atoms with E-state index in [4.69, 9.17) is 5.11 Å². The second-order valence-electron chi connectivity index (χ2n) is 8.62. The molecule has 0 amide bonds. The minimum atomic E-state index is -4.87. The van der Waals surface area contributed by atoms with Gasteiger partial charge in [-0.1, -0.05) is 23.5 Å². The molecule has 4 rings (SSSR count). The number of aliphatic hydroxyl groups is 2. The number of halogens is 3. The Kier molecular flexibility index (Phi) is 7.52. The summed E-state index contributed by atoms with van der Waals surface area (Å²) in [7, 11) is -2.32. The molecule has 0 aliphatic rings. The van der Waals surface area contributed by atoms with E-state index in [9.17, 15) is 31.8 Å². The molecule has 2 heterocycles. The second-order valence-corrected chi connectivity index (χ2v) is 11.6. The van der Waals surface area contributed by atoms with Crippen LogP contribution in [0.2, 0.25) is 0 Å². The predicted octanol–water partition coefficient (Wildman–Crippen LogP) is 3.53. The lowest BCUT2D eigenvalue weighted by molar-refractivity contribution is -0.137. The molecule has 0 fully saturated rings. The Bertz CT molecular complexity index is 1610. The first-order chi connectivity index (χ1) is 17.8. The third-order valence-electron chi connectivity index (χ3n) is 5.67. The van der Waals surface area contributed by atoms with E-state index in [1.807, 2.05) is 0 Å². The first-order valence-corrected chi connectivity index (χ1v) is 13.8. The Morgan fingerprint density at radius 3 is 2.63 bits per heavy atom. The van der Waals surface area contributed by atoms with Crippen molar-refractivity contribution in [2.75, 3.05) is 31.4 Å². The number of thiazole rings is 1. The summed E-state index contributed by atoms with van der Waals surface area (Å²) in [6.07, 6.45) is -2.36. The quantitative estimate of drug-likeness (QED) is 0.237. The van der Waals surface area contributed by atoms with E-state index in [1.54, 1.807) is 31.4 Å². The van der Waals surface area contributed by atoms with Crippen LogP contribution in [0.4, 0.5) is 18.3 Å². The summed E-state index contributed by atoms with van der Waals surface area (Å²) in [6.45, 7) is -0.498. The molecule has 0 radical (unpaired) electrons. The maximum absolute atomic E-state index is 14.0. The number of sulfone groups is 1. The van der Waals surface area contributed by atoms with Crippen LogP contribution < -0.4 is 4.90 Å². The fraction of sp³-hybridized carbons (Fsp3) is 0.250. The van der Waals surface area contributed by atoms with Gasteiger partial charge in [0.15, 0.2) is 15.0 Å². The lowest BCUT2D eigenvalue weighted by Gasteiger charge is -2.18. The van der Waals surface area contributed by atoms with Crippen molar-refractivity contribution in [3.63, 3.8) is 0 Å². The van der Waals surface area contributed by atoms with E-state index < -0.39 is 45.1 Å². The highest BCUT2D eigenvalue weighted by molar-refractivity contribution is 7.90. The van der Waals surface area contributed by atoms with Crippen molar-refractivity contribution in [3.8, 4) is 5.88 Å². The molecule has 202 valence electrons. The van der Waals surface area contributed by atoms with Crippen molar-refractivity contribution in [2.24, 2.45) is 0 Å². The number of hydrogen-bond donors (Lipinski definition) is 4. The molecule has 0 bridgehead atoms. The number of benzene rings is 2. The maximum Gasteiger partial charge on any atom is 0.417 e. The molecule has 0 saturated heterocycles. The lowest BCUT2D eigenvalue weighted by Crippen LogP contribution is -2.31. The van der Waals surface area contributed by atoms with Gasteiger partial charge in [-0.2, -0.15) is 23.3 Å². The third-order valence-corrected chi connectivity index (χ3v) is 7.98. The molecule has 0 aliphatic heterocycles. The smallest absolute Gasteiger partial charge is 0.417 e. The van der Waals surface area contributed by atoms with Crippen LogP contribution in [0.3, 0.4) is 0 Å². The van der Waals surface area contributed by atoms with Gasteiger partial charge in [0.25, 0.3) is 0 Å². The number of fused-ring (bicyclic) bond motifs is 1. The lowest BCUT2D eigenvalue weighted by atomic mass is 9.97. The number of rotatable bonds is 8. The van der Waals surface area contributed by atoms with E-state index in [-0.39, 0.29) is 27.7 Å². The topological polar surface area (TPSA) is 140 Å². The first-order valence-electron chi connectivity index (χ1n) is 11.0. The van der Waals surface area contributed by atoms with Crippen LogP contribution in [-0.2, 0) is 16.0 Å². The summed E-state index contributed by atoms with van der Waals surface area (Å²) >= 11 is 0.974. The van der Waals surface area contributed by atoms with Crippen molar-refractivity contribution in [3.05, 3.63) is 64.2 Å². The van der Waals surface area contributed by atoms with E-state index >= 15 is 0 Å². The van der Waals surface area contributed by atoms with E-state index in [0.29, 0.717) is 22.5 Å². The minimum Gasteiger partial charge on any atom is -0.492 e. The molecule has 0 spiro atoms. The highest BCUT2D eigenvalue weighted by atomic mass is 32.2. The maximum atomic E-state index is 14.0. The largest absolute Gasteiger partial charge is 0.492 e. The average molecular weight is 569 g/mol. The van der Waals surface area contributed by atoms with Gasteiger partial charge in [0.05, 0.1) is 34.9 Å². The van der Waals surface area contributed by atoms with Crippen molar-refractivity contribution in [2.45, 2.75) is 17.2 Å². The number of likely N-dealkylation sites (N-methyl/N-ethyl adjacent to an activating group) is 1. The van der Waals surface area contributed by atoms with Gasteiger partial charge in [0.2, 0.25) is 5.88 Å². The zero-order chi connectivity index (χ0) is 27.8. The van der Waals surface area contributed by atoms with E-state index in [0.717, 1.165) is 29.7 Å². The van der Waals surface area contributed by atoms with Crippen LogP contribution in [-0.4, -0.2) is 71.5 Å². The number of aromatic amines is 1. The summed E-state index contributed by atoms with van der Waals surface area (Å²) in [6, 6.07) is 7.75. The van der Waals surface area contributed by atoms with Crippen LogP contribution in [0.1, 0.15) is 21.6 Å². The molecule has 0 aliphatic carbocycles. The Morgan fingerprint density at radius 2 is 1.97 bits per heavy atom. The van der Waals surface area contributed by atoms with E-state index in [1.165, 1.54) is 11.0 Å². The number of nitrogens with zero attached hydrogens (tertiary/aromatic N) is 3. The van der Waals surface area contributed by atoms with Crippen molar-refractivity contribution >= 4 is 48.9 Å². The normalized spacial score (nSPS) is 13.7. The van der Waals surface area contributed by atoms with Crippen LogP contribution in [0.5, 0.6) is 5.88 Å². The Balaban J connectivity index is 1.93.